The minimum atomic E-state index is -0.162. The van der Waals surface area contributed by atoms with E-state index in [9.17, 15) is 0 Å². The molecule has 3 rings (SSSR count). The van der Waals surface area contributed by atoms with Gasteiger partial charge in [0.25, 0.3) is 0 Å². The Balaban J connectivity index is 1.30. The summed E-state index contributed by atoms with van der Waals surface area (Å²) in [5, 5.41) is 0. The molecular weight excluding hydrogens is 400 g/mol. The number of benzene rings is 1. The van der Waals surface area contributed by atoms with Crippen molar-refractivity contribution in [3.8, 4) is 0 Å². The minimum absolute atomic E-state index is 0.0854. The lowest BCUT2D eigenvalue weighted by Crippen LogP contribution is -2.30. The van der Waals surface area contributed by atoms with Gasteiger partial charge in [-0.2, -0.15) is 0 Å². The molecule has 7 heteroatoms. The molecule has 0 amide bonds. The zero-order valence-corrected chi connectivity index (χ0v) is 18.6. The highest BCUT2D eigenvalue weighted by atomic mass is 16.7. The molecule has 2 aliphatic rings. The summed E-state index contributed by atoms with van der Waals surface area (Å²) < 4.78 is 40.2. The topological polar surface area (TPSA) is 64.6 Å². The van der Waals surface area contributed by atoms with Gasteiger partial charge in [-0.25, -0.2) is 0 Å². The molecule has 0 spiro atoms. The summed E-state index contributed by atoms with van der Waals surface area (Å²) in [5.41, 5.74) is 1.14. The van der Waals surface area contributed by atoms with E-state index in [0.29, 0.717) is 46.2 Å². The second-order valence-corrected chi connectivity index (χ2v) is 7.90. The van der Waals surface area contributed by atoms with Crippen molar-refractivity contribution in [1.29, 1.82) is 0 Å². The highest BCUT2D eigenvalue weighted by Gasteiger charge is 2.16. The number of ether oxygens (including phenoxy) is 7. The predicted octanol–water partition coefficient (Wildman–Crippen LogP) is 3.69. The molecule has 2 aliphatic heterocycles. The third kappa shape index (κ3) is 10.9. The Morgan fingerprint density at radius 3 is 2.03 bits per heavy atom. The van der Waals surface area contributed by atoms with E-state index in [0.717, 1.165) is 57.3 Å². The smallest absolute Gasteiger partial charge is 0.157 e. The summed E-state index contributed by atoms with van der Waals surface area (Å²) >= 11 is 0. The van der Waals surface area contributed by atoms with Gasteiger partial charge in [-0.15, -0.1) is 0 Å². The standard InChI is InChI=1S/C24H38O7/c1-2-8-21(9-3-1)18-26-20-22(27-16-17-31-24-11-5-7-13-29-24)19-25-14-15-30-23-10-4-6-12-28-23/h1-3,8-9,22-24H,4-7,10-20H2. The van der Waals surface area contributed by atoms with E-state index in [-0.39, 0.29) is 18.7 Å². The molecule has 0 radical (unpaired) electrons. The predicted molar refractivity (Wildman–Crippen MR) is 116 cm³/mol. The van der Waals surface area contributed by atoms with Gasteiger partial charge in [0, 0.05) is 13.2 Å². The Kier molecular flexibility index (Phi) is 12.4. The first-order chi connectivity index (χ1) is 15.4. The van der Waals surface area contributed by atoms with Crippen molar-refractivity contribution in [1.82, 2.24) is 0 Å². The van der Waals surface area contributed by atoms with E-state index in [1.165, 1.54) is 0 Å². The second-order valence-electron chi connectivity index (χ2n) is 7.90. The fourth-order valence-electron chi connectivity index (χ4n) is 3.56. The van der Waals surface area contributed by atoms with Crippen LogP contribution in [0, 0.1) is 0 Å². The van der Waals surface area contributed by atoms with Crippen molar-refractivity contribution in [2.45, 2.75) is 63.8 Å². The van der Waals surface area contributed by atoms with Gasteiger partial charge in [0.1, 0.15) is 6.10 Å². The molecule has 0 saturated carbocycles. The summed E-state index contributed by atoms with van der Waals surface area (Å²) in [4.78, 5) is 0. The van der Waals surface area contributed by atoms with Crippen LogP contribution in [0.2, 0.25) is 0 Å². The number of hydrogen-bond donors (Lipinski definition) is 0. The molecule has 1 aromatic carbocycles. The van der Waals surface area contributed by atoms with Gasteiger partial charge < -0.3 is 33.2 Å². The maximum absolute atomic E-state index is 5.97. The van der Waals surface area contributed by atoms with Gasteiger partial charge in [-0.3, -0.25) is 0 Å². The monoisotopic (exact) mass is 438 g/mol. The van der Waals surface area contributed by atoms with Gasteiger partial charge in [0.05, 0.1) is 46.2 Å². The van der Waals surface area contributed by atoms with Crippen molar-refractivity contribution in [2.75, 3.05) is 52.9 Å². The van der Waals surface area contributed by atoms with Crippen LogP contribution in [0.25, 0.3) is 0 Å². The average molecular weight is 439 g/mol. The molecule has 2 saturated heterocycles. The first-order valence-electron chi connectivity index (χ1n) is 11.7. The Hall–Kier alpha value is -1.06. The number of hydrogen-bond acceptors (Lipinski definition) is 7. The lowest BCUT2D eigenvalue weighted by atomic mass is 10.2. The van der Waals surface area contributed by atoms with E-state index in [4.69, 9.17) is 33.2 Å². The van der Waals surface area contributed by atoms with Gasteiger partial charge >= 0.3 is 0 Å². The highest BCUT2D eigenvalue weighted by Crippen LogP contribution is 2.14. The molecule has 0 bridgehead atoms. The average Bonchev–Trinajstić information content (AvgIpc) is 2.83. The molecular formula is C24H38O7. The molecule has 0 aliphatic carbocycles. The van der Waals surface area contributed by atoms with Gasteiger partial charge in [0.2, 0.25) is 0 Å². The van der Waals surface area contributed by atoms with E-state index < -0.39 is 0 Å². The van der Waals surface area contributed by atoms with Gasteiger partial charge in [-0.05, 0) is 44.1 Å². The summed E-state index contributed by atoms with van der Waals surface area (Å²) in [6.45, 7) is 5.03. The van der Waals surface area contributed by atoms with E-state index >= 15 is 0 Å². The SMILES string of the molecule is c1ccc(COCC(COCCOC2CCCCO2)OCCOC2CCCCO2)cc1. The molecule has 1 aromatic rings. The maximum Gasteiger partial charge on any atom is 0.157 e. The fraction of sp³-hybridized carbons (Fsp3) is 0.750. The van der Waals surface area contributed by atoms with Crippen LogP contribution in [0.15, 0.2) is 30.3 Å². The van der Waals surface area contributed by atoms with Crippen LogP contribution in [-0.4, -0.2) is 71.5 Å². The Morgan fingerprint density at radius 1 is 0.742 bits per heavy atom. The molecule has 2 heterocycles. The lowest BCUT2D eigenvalue weighted by Gasteiger charge is -2.24. The Morgan fingerprint density at radius 2 is 1.39 bits per heavy atom. The molecule has 0 N–H and O–H groups in total. The van der Waals surface area contributed by atoms with Crippen molar-refractivity contribution in [3.05, 3.63) is 35.9 Å². The number of rotatable bonds is 15. The van der Waals surface area contributed by atoms with Crippen molar-refractivity contribution in [2.24, 2.45) is 0 Å². The van der Waals surface area contributed by atoms with Crippen LogP contribution in [0.1, 0.15) is 44.1 Å². The summed E-state index contributed by atoms with van der Waals surface area (Å²) in [6.07, 6.45) is 6.13. The van der Waals surface area contributed by atoms with Crippen LogP contribution in [0.4, 0.5) is 0 Å². The summed E-state index contributed by atoms with van der Waals surface area (Å²) in [5.74, 6) is 0. The molecule has 2 fully saturated rings. The second kappa shape index (κ2) is 15.7. The Labute approximate surface area is 186 Å². The van der Waals surface area contributed by atoms with Gasteiger partial charge in [-0.1, -0.05) is 30.3 Å². The highest BCUT2D eigenvalue weighted by molar-refractivity contribution is 5.13. The van der Waals surface area contributed by atoms with Gasteiger partial charge in [0.15, 0.2) is 12.6 Å². The van der Waals surface area contributed by atoms with E-state index in [1.54, 1.807) is 0 Å². The minimum Gasteiger partial charge on any atom is -0.376 e. The normalized spacial score (nSPS) is 23.0. The van der Waals surface area contributed by atoms with Crippen molar-refractivity contribution < 1.29 is 33.2 Å². The van der Waals surface area contributed by atoms with Crippen LogP contribution < -0.4 is 0 Å². The first-order valence-corrected chi connectivity index (χ1v) is 11.7. The largest absolute Gasteiger partial charge is 0.376 e. The molecule has 3 unspecified atom stereocenters. The quantitative estimate of drug-likeness (QED) is 0.387. The summed E-state index contributed by atoms with van der Waals surface area (Å²) in [6, 6.07) is 10.1. The third-order valence-corrected chi connectivity index (χ3v) is 5.27. The van der Waals surface area contributed by atoms with Crippen molar-refractivity contribution >= 4 is 0 Å². The molecule has 31 heavy (non-hydrogen) atoms. The maximum atomic E-state index is 5.97. The molecule has 7 nitrogen and oxygen atoms in total. The summed E-state index contributed by atoms with van der Waals surface area (Å²) in [7, 11) is 0. The molecule has 3 atom stereocenters. The third-order valence-electron chi connectivity index (χ3n) is 5.27. The Bertz CT molecular complexity index is 544. The van der Waals surface area contributed by atoms with Crippen molar-refractivity contribution in [3.63, 3.8) is 0 Å². The fourth-order valence-corrected chi connectivity index (χ4v) is 3.56. The zero-order chi connectivity index (χ0) is 21.4. The van der Waals surface area contributed by atoms with Crippen LogP contribution in [0.5, 0.6) is 0 Å². The van der Waals surface area contributed by atoms with Crippen LogP contribution in [0.3, 0.4) is 0 Å². The molecule has 0 aromatic heterocycles. The molecule has 176 valence electrons. The zero-order valence-electron chi connectivity index (χ0n) is 18.6. The van der Waals surface area contributed by atoms with E-state index in [1.807, 2.05) is 18.2 Å². The van der Waals surface area contributed by atoms with Crippen LogP contribution >= 0.6 is 0 Å². The lowest BCUT2D eigenvalue weighted by molar-refractivity contribution is -0.178. The van der Waals surface area contributed by atoms with E-state index in [2.05, 4.69) is 12.1 Å². The van der Waals surface area contributed by atoms with Crippen LogP contribution in [-0.2, 0) is 39.8 Å². The first kappa shape index (κ1) is 24.6.